The molecule has 0 radical (unpaired) electrons. The Balaban J connectivity index is 1.93. The number of nitrogens with two attached hydrogens (primary N) is 1. The van der Waals surface area contributed by atoms with E-state index in [1.807, 2.05) is 18.2 Å². The maximum atomic E-state index is 13.4. The van der Waals surface area contributed by atoms with Crippen LogP contribution in [0.4, 0.5) is 8.78 Å². The zero-order valence-electron chi connectivity index (χ0n) is 10.4. The lowest BCUT2D eigenvalue weighted by Crippen LogP contribution is -2.31. The second-order valence-electron chi connectivity index (χ2n) is 4.29. The van der Waals surface area contributed by atoms with Gasteiger partial charge in [0.1, 0.15) is 24.0 Å². The summed E-state index contributed by atoms with van der Waals surface area (Å²) >= 11 is 0. The van der Waals surface area contributed by atoms with Gasteiger partial charge < -0.3 is 10.5 Å². The van der Waals surface area contributed by atoms with Crippen molar-refractivity contribution in [2.75, 3.05) is 6.61 Å². The van der Waals surface area contributed by atoms with Crippen LogP contribution in [-0.4, -0.2) is 12.6 Å². The predicted octanol–water partition coefficient (Wildman–Crippen LogP) is 2.91. The summed E-state index contributed by atoms with van der Waals surface area (Å²) in [5, 5.41) is 0. The van der Waals surface area contributed by atoms with Crippen molar-refractivity contribution in [1.29, 1.82) is 0 Å². The van der Waals surface area contributed by atoms with E-state index in [-0.39, 0.29) is 18.6 Å². The summed E-state index contributed by atoms with van der Waals surface area (Å²) in [7, 11) is 0. The molecule has 0 saturated carbocycles. The van der Waals surface area contributed by atoms with Gasteiger partial charge >= 0.3 is 0 Å². The Kier molecular flexibility index (Phi) is 4.47. The van der Waals surface area contributed by atoms with Gasteiger partial charge in [-0.3, -0.25) is 0 Å². The van der Waals surface area contributed by atoms with Gasteiger partial charge in [0.2, 0.25) is 0 Å². The molecule has 0 fully saturated rings. The number of halogens is 2. The van der Waals surface area contributed by atoms with E-state index in [1.165, 1.54) is 18.2 Å². The van der Waals surface area contributed by atoms with Crippen molar-refractivity contribution in [2.24, 2.45) is 5.73 Å². The molecule has 100 valence electrons. The molecule has 0 aliphatic rings. The van der Waals surface area contributed by atoms with Crippen LogP contribution in [-0.2, 0) is 6.42 Å². The lowest BCUT2D eigenvalue weighted by atomic mass is 10.1. The Morgan fingerprint density at radius 2 is 1.58 bits per heavy atom. The third-order valence-electron chi connectivity index (χ3n) is 2.74. The first kappa shape index (κ1) is 13.5. The van der Waals surface area contributed by atoms with Crippen molar-refractivity contribution in [2.45, 2.75) is 12.5 Å². The molecule has 2 N–H and O–H groups in total. The molecule has 2 aromatic carbocycles. The van der Waals surface area contributed by atoms with Crippen molar-refractivity contribution < 1.29 is 13.5 Å². The van der Waals surface area contributed by atoms with Crippen LogP contribution in [0.3, 0.4) is 0 Å². The number of para-hydroxylation sites is 1. The second kappa shape index (κ2) is 6.29. The first-order valence-corrected chi connectivity index (χ1v) is 6.03. The van der Waals surface area contributed by atoms with E-state index in [2.05, 4.69) is 0 Å². The van der Waals surface area contributed by atoms with Gasteiger partial charge in [-0.25, -0.2) is 8.78 Å². The van der Waals surface area contributed by atoms with Gasteiger partial charge in [0.25, 0.3) is 0 Å². The number of hydrogen-bond acceptors (Lipinski definition) is 2. The van der Waals surface area contributed by atoms with Crippen molar-refractivity contribution in [3.63, 3.8) is 0 Å². The summed E-state index contributed by atoms with van der Waals surface area (Å²) < 4.78 is 32.3. The molecule has 0 saturated heterocycles. The van der Waals surface area contributed by atoms with Crippen LogP contribution in [0.5, 0.6) is 5.75 Å². The quantitative estimate of drug-likeness (QED) is 0.900. The standard InChI is InChI=1S/C15H15F2NO/c16-14-7-4-8-15(17)13(14)9-11(18)10-19-12-5-2-1-3-6-12/h1-8,11H,9-10,18H2. The topological polar surface area (TPSA) is 35.2 Å². The number of ether oxygens (including phenoxy) is 1. The number of benzene rings is 2. The summed E-state index contributed by atoms with van der Waals surface area (Å²) in [6, 6.07) is 12.5. The molecule has 2 nitrogen and oxygen atoms in total. The van der Waals surface area contributed by atoms with Gasteiger partial charge in [0.05, 0.1) is 0 Å². The molecule has 0 aromatic heterocycles. The molecule has 1 atom stereocenters. The summed E-state index contributed by atoms with van der Waals surface area (Å²) in [5.41, 5.74) is 5.84. The largest absolute Gasteiger partial charge is 0.492 e. The third-order valence-corrected chi connectivity index (χ3v) is 2.74. The fourth-order valence-electron chi connectivity index (χ4n) is 1.77. The van der Waals surface area contributed by atoms with E-state index in [1.54, 1.807) is 12.1 Å². The minimum absolute atomic E-state index is 0.00617. The molecule has 0 heterocycles. The summed E-state index contributed by atoms with van der Waals surface area (Å²) in [6.07, 6.45) is 0.103. The molecule has 2 rings (SSSR count). The molecule has 4 heteroatoms. The molecule has 0 aliphatic carbocycles. The van der Waals surface area contributed by atoms with Gasteiger partial charge in [-0.2, -0.15) is 0 Å². The lowest BCUT2D eigenvalue weighted by Gasteiger charge is -2.14. The fraction of sp³-hybridized carbons (Fsp3) is 0.200. The molecule has 2 aromatic rings. The molecule has 0 spiro atoms. The summed E-state index contributed by atoms with van der Waals surface area (Å²) in [6.45, 7) is 0.206. The Hall–Kier alpha value is -1.94. The van der Waals surface area contributed by atoms with Crippen molar-refractivity contribution in [3.05, 3.63) is 65.7 Å². The Morgan fingerprint density at radius 1 is 0.947 bits per heavy atom. The van der Waals surface area contributed by atoms with Crippen LogP contribution in [0.1, 0.15) is 5.56 Å². The Bertz CT molecular complexity index is 511. The maximum absolute atomic E-state index is 13.4. The monoisotopic (exact) mass is 263 g/mol. The zero-order valence-corrected chi connectivity index (χ0v) is 10.4. The van der Waals surface area contributed by atoms with Crippen LogP contribution in [0.2, 0.25) is 0 Å². The average Bonchev–Trinajstić information content (AvgIpc) is 2.42. The van der Waals surface area contributed by atoms with E-state index >= 15 is 0 Å². The number of hydrogen-bond donors (Lipinski definition) is 1. The molecular weight excluding hydrogens is 248 g/mol. The predicted molar refractivity (Wildman–Crippen MR) is 70.0 cm³/mol. The van der Waals surface area contributed by atoms with Crippen molar-refractivity contribution in [1.82, 2.24) is 0 Å². The minimum Gasteiger partial charge on any atom is -0.492 e. The van der Waals surface area contributed by atoms with Crippen LogP contribution < -0.4 is 10.5 Å². The molecule has 0 amide bonds. The Morgan fingerprint density at radius 3 is 2.21 bits per heavy atom. The highest BCUT2D eigenvalue weighted by Crippen LogP contribution is 2.14. The smallest absolute Gasteiger partial charge is 0.129 e. The van der Waals surface area contributed by atoms with Crippen LogP contribution in [0.15, 0.2) is 48.5 Å². The third kappa shape index (κ3) is 3.76. The Labute approximate surface area is 110 Å². The zero-order chi connectivity index (χ0) is 13.7. The second-order valence-corrected chi connectivity index (χ2v) is 4.29. The molecular formula is C15H15F2NO. The van der Waals surface area contributed by atoms with E-state index in [0.717, 1.165) is 0 Å². The average molecular weight is 263 g/mol. The molecule has 1 unspecified atom stereocenters. The summed E-state index contributed by atoms with van der Waals surface area (Å²) in [4.78, 5) is 0. The van der Waals surface area contributed by atoms with E-state index < -0.39 is 17.7 Å². The first-order valence-electron chi connectivity index (χ1n) is 6.03. The minimum atomic E-state index is -0.574. The lowest BCUT2D eigenvalue weighted by molar-refractivity contribution is 0.285. The van der Waals surface area contributed by atoms with Crippen molar-refractivity contribution in [3.8, 4) is 5.75 Å². The highest BCUT2D eigenvalue weighted by molar-refractivity contribution is 5.22. The van der Waals surface area contributed by atoms with Crippen LogP contribution in [0, 0.1) is 11.6 Å². The van der Waals surface area contributed by atoms with E-state index in [9.17, 15) is 8.78 Å². The van der Waals surface area contributed by atoms with Crippen LogP contribution >= 0.6 is 0 Å². The van der Waals surface area contributed by atoms with Gasteiger partial charge in [0, 0.05) is 11.6 Å². The fourth-order valence-corrected chi connectivity index (χ4v) is 1.77. The molecule has 0 aliphatic heterocycles. The van der Waals surface area contributed by atoms with Gasteiger partial charge in [-0.1, -0.05) is 24.3 Å². The molecule has 19 heavy (non-hydrogen) atoms. The first-order chi connectivity index (χ1) is 9.16. The molecule has 0 bridgehead atoms. The van der Waals surface area contributed by atoms with Crippen LogP contribution in [0.25, 0.3) is 0 Å². The van der Waals surface area contributed by atoms with Gasteiger partial charge in [-0.05, 0) is 30.7 Å². The van der Waals surface area contributed by atoms with E-state index in [4.69, 9.17) is 10.5 Å². The van der Waals surface area contributed by atoms with Crippen molar-refractivity contribution >= 4 is 0 Å². The van der Waals surface area contributed by atoms with Gasteiger partial charge in [0.15, 0.2) is 0 Å². The van der Waals surface area contributed by atoms with Gasteiger partial charge in [-0.15, -0.1) is 0 Å². The maximum Gasteiger partial charge on any atom is 0.129 e. The SMILES string of the molecule is NC(COc1ccccc1)Cc1c(F)cccc1F. The highest BCUT2D eigenvalue weighted by Gasteiger charge is 2.13. The number of rotatable bonds is 5. The normalized spacial score (nSPS) is 12.2. The summed E-state index contributed by atoms with van der Waals surface area (Å²) in [5.74, 6) is -0.461. The highest BCUT2D eigenvalue weighted by atomic mass is 19.1. The van der Waals surface area contributed by atoms with E-state index in [0.29, 0.717) is 5.75 Å².